The minimum atomic E-state index is -3.84. The van der Waals surface area contributed by atoms with Crippen LogP contribution >= 0.6 is 0 Å². The highest BCUT2D eigenvalue weighted by atomic mass is 32.2. The molecule has 9 nitrogen and oxygen atoms in total. The lowest BCUT2D eigenvalue weighted by molar-refractivity contribution is -0.125. The molecule has 144 valence electrons. The Kier molecular flexibility index (Phi) is 5.76. The van der Waals surface area contributed by atoms with Crippen LogP contribution in [0.25, 0.3) is 0 Å². The number of sulfonamides is 1. The second kappa shape index (κ2) is 7.87. The van der Waals surface area contributed by atoms with Gasteiger partial charge in [-0.25, -0.2) is 18.1 Å². The minimum Gasteiger partial charge on any atom is -0.394 e. The standard InChI is InChI=1S/C16H24N4O5S/c1-20-8-16(18-10-20)26(23,24)19-13-5-4-12(25-14(13)9-21)6-15(22)17-7-11-2-3-11/h4-5,8,10-14,19,21H,2-3,6-7,9H2,1H3,(H,17,22)/t12-,13+,14+/m1/s1. The van der Waals surface area contributed by atoms with Crippen molar-refractivity contribution in [3.05, 3.63) is 24.7 Å². The fourth-order valence-corrected chi connectivity index (χ4v) is 3.91. The number of nitrogens with zero attached hydrogens (tertiary/aromatic N) is 2. The summed E-state index contributed by atoms with van der Waals surface area (Å²) < 4.78 is 34.4. The van der Waals surface area contributed by atoms with Gasteiger partial charge in [-0.15, -0.1) is 0 Å². The predicted octanol–water partition coefficient (Wildman–Crippen LogP) is -0.701. The number of rotatable bonds is 8. The molecule has 1 saturated carbocycles. The van der Waals surface area contributed by atoms with E-state index >= 15 is 0 Å². The second-order valence-corrected chi connectivity index (χ2v) is 8.42. The molecular weight excluding hydrogens is 360 g/mol. The van der Waals surface area contributed by atoms with Crippen LogP contribution in [0.2, 0.25) is 0 Å². The quantitative estimate of drug-likeness (QED) is 0.510. The lowest BCUT2D eigenvalue weighted by Crippen LogP contribution is -2.49. The summed E-state index contributed by atoms with van der Waals surface area (Å²) in [5.41, 5.74) is 0. The van der Waals surface area contributed by atoms with Gasteiger partial charge in [-0.05, 0) is 18.8 Å². The van der Waals surface area contributed by atoms with Gasteiger partial charge in [0.05, 0.1) is 31.5 Å². The number of amides is 1. The highest BCUT2D eigenvalue weighted by molar-refractivity contribution is 7.89. The smallest absolute Gasteiger partial charge is 0.260 e. The zero-order valence-electron chi connectivity index (χ0n) is 14.5. The highest BCUT2D eigenvalue weighted by Gasteiger charge is 2.32. The van der Waals surface area contributed by atoms with Crippen molar-refractivity contribution in [1.82, 2.24) is 19.6 Å². The first kappa shape index (κ1) is 19.0. The molecule has 0 unspecified atom stereocenters. The summed E-state index contributed by atoms with van der Waals surface area (Å²) in [5.74, 6) is 0.480. The number of ether oxygens (including phenoxy) is 1. The van der Waals surface area contributed by atoms with E-state index in [9.17, 15) is 18.3 Å². The van der Waals surface area contributed by atoms with E-state index in [2.05, 4.69) is 15.0 Å². The van der Waals surface area contributed by atoms with E-state index in [0.29, 0.717) is 12.5 Å². The van der Waals surface area contributed by atoms with Crippen molar-refractivity contribution < 1.29 is 23.1 Å². The summed E-state index contributed by atoms with van der Waals surface area (Å²) in [6.45, 7) is 0.311. The van der Waals surface area contributed by atoms with Crippen LogP contribution < -0.4 is 10.0 Å². The van der Waals surface area contributed by atoms with Gasteiger partial charge >= 0.3 is 0 Å². The third-order valence-corrected chi connectivity index (χ3v) is 5.73. The van der Waals surface area contributed by atoms with Gasteiger partial charge in [0.15, 0.2) is 5.03 Å². The number of imidazole rings is 1. The first-order chi connectivity index (χ1) is 12.4. The van der Waals surface area contributed by atoms with Crippen molar-refractivity contribution in [3.8, 4) is 0 Å². The van der Waals surface area contributed by atoms with Crippen LogP contribution in [0.1, 0.15) is 19.3 Å². The SMILES string of the molecule is Cn1cnc(S(=O)(=O)N[C@H]2C=C[C@H](CC(=O)NCC3CC3)O[C@H]2CO)c1. The molecule has 10 heteroatoms. The molecule has 1 aliphatic heterocycles. The molecule has 2 heterocycles. The van der Waals surface area contributed by atoms with Gasteiger partial charge in [0.2, 0.25) is 5.91 Å². The van der Waals surface area contributed by atoms with Crippen LogP contribution in [0.4, 0.5) is 0 Å². The molecule has 0 radical (unpaired) electrons. The molecule has 1 aliphatic carbocycles. The molecule has 3 atom stereocenters. The van der Waals surface area contributed by atoms with Gasteiger partial charge in [-0.3, -0.25) is 4.79 Å². The maximum absolute atomic E-state index is 12.4. The monoisotopic (exact) mass is 384 g/mol. The summed E-state index contributed by atoms with van der Waals surface area (Å²) in [5, 5.41) is 12.3. The topological polar surface area (TPSA) is 123 Å². The summed E-state index contributed by atoms with van der Waals surface area (Å²) in [6.07, 6.45) is 7.22. The number of nitrogens with one attached hydrogen (secondary N) is 2. The number of hydrogen-bond acceptors (Lipinski definition) is 6. The Bertz CT molecular complexity index is 771. The van der Waals surface area contributed by atoms with Gasteiger partial charge in [0.1, 0.15) is 6.10 Å². The molecule has 0 saturated heterocycles. The Labute approximate surface area is 152 Å². The van der Waals surface area contributed by atoms with Crippen LogP contribution in [0, 0.1) is 5.92 Å². The third-order valence-electron chi connectivity index (χ3n) is 4.38. The van der Waals surface area contributed by atoms with Crippen molar-refractivity contribution in [1.29, 1.82) is 0 Å². The molecule has 2 aliphatic rings. The van der Waals surface area contributed by atoms with Crippen LogP contribution in [0.3, 0.4) is 0 Å². The van der Waals surface area contributed by atoms with Crippen LogP contribution in [-0.4, -0.2) is 60.4 Å². The number of hydrogen-bond donors (Lipinski definition) is 3. The number of aryl methyl sites for hydroxylation is 1. The molecule has 1 fully saturated rings. The third kappa shape index (κ3) is 4.91. The normalized spacial score (nSPS) is 26.0. The highest BCUT2D eigenvalue weighted by Crippen LogP contribution is 2.27. The van der Waals surface area contributed by atoms with Crippen molar-refractivity contribution in [2.45, 2.75) is 42.5 Å². The van der Waals surface area contributed by atoms with E-state index in [0.717, 1.165) is 12.8 Å². The van der Waals surface area contributed by atoms with Gasteiger partial charge in [0.25, 0.3) is 10.0 Å². The zero-order chi connectivity index (χ0) is 18.7. The molecular formula is C16H24N4O5S. The Morgan fingerprint density at radius 2 is 2.19 bits per heavy atom. The molecule has 0 bridgehead atoms. The van der Waals surface area contributed by atoms with Crippen LogP contribution in [-0.2, 0) is 26.6 Å². The van der Waals surface area contributed by atoms with E-state index in [-0.39, 0.29) is 24.0 Å². The minimum absolute atomic E-state index is 0.105. The van der Waals surface area contributed by atoms with Gasteiger partial charge in [0, 0.05) is 19.8 Å². The molecule has 26 heavy (non-hydrogen) atoms. The number of aromatic nitrogens is 2. The first-order valence-corrected chi connectivity index (χ1v) is 10.1. The van der Waals surface area contributed by atoms with E-state index < -0.39 is 28.3 Å². The number of carbonyl (C=O) groups excluding carboxylic acids is 1. The largest absolute Gasteiger partial charge is 0.394 e. The number of carbonyl (C=O) groups is 1. The molecule has 3 rings (SSSR count). The van der Waals surface area contributed by atoms with E-state index in [4.69, 9.17) is 4.74 Å². The van der Waals surface area contributed by atoms with E-state index in [1.807, 2.05) is 0 Å². The Morgan fingerprint density at radius 1 is 1.42 bits per heavy atom. The Balaban J connectivity index is 1.59. The maximum atomic E-state index is 12.4. The fourth-order valence-electron chi connectivity index (χ4n) is 2.71. The average molecular weight is 384 g/mol. The lowest BCUT2D eigenvalue weighted by atomic mass is 10.1. The molecule has 1 aromatic heterocycles. The fraction of sp³-hybridized carbons (Fsp3) is 0.625. The van der Waals surface area contributed by atoms with Crippen molar-refractivity contribution >= 4 is 15.9 Å². The molecule has 0 spiro atoms. The first-order valence-electron chi connectivity index (χ1n) is 8.59. The summed E-state index contributed by atoms with van der Waals surface area (Å²) in [7, 11) is -2.17. The maximum Gasteiger partial charge on any atom is 0.260 e. The Morgan fingerprint density at radius 3 is 2.81 bits per heavy atom. The van der Waals surface area contributed by atoms with Gasteiger partial charge in [-0.2, -0.15) is 0 Å². The number of aliphatic hydroxyl groups is 1. The number of aliphatic hydroxyl groups excluding tert-OH is 1. The molecule has 1 aromatic rings. The Hall–Kier alpha value is -1.75. The molecule has 0 aromatic carbocycles. The van der Waals surface area contributed by atoms with Gasteiger partial charge < -0.3 is 19.7 Å². The summed E-state index contributed by atoms with van der Waals surface area (Å²) >= 11 is 0. The molecule has 3 N–H and O–H groups in total. The summed E-state index contributed by atoms with van der Waals surface area (Å²) in [6, 6.07) is -0.738. The zero-order valence-corrected chi connectivity index (χ0v) is 15.4. The predicted molar refractivity (Wildman–Crippen MR) is 92.6 cm³/mol. The summed E-state index contributed by atoms with van der Waals surface area (Å²) in [4.78, 5) is 15.8. The van der Waals surface area contributed by atoms with Crippen molar-refractivity contribution in [3.63, 3.8) is 0 Å². The second-order valence-electron chi connectivity index (χ2n) is 6.76. The van der Waals surface area contributed by atoms with Crippen molar-refractivity contribution in [2.75, 3.05) is 13.2 Å². The van der Waals surface area contributed by atoms with E-state index in [1.165, 1.54) is 17.1 Å². The van der Waals surface area contributed by atoms with Gasteiger partial charge in [-0.1, -0.05) is 12.2 Å². The van der Waals surface area contributed by atoms with Crippen LogP contribution in [0.5, 0.6) is 0 Å². The average Bonchev–Trinajstić information content (AvgIpc) is 3.32. The molecule has 1 amide bonds. The van der Waals surface area contributed by atoms with Crippen molar-refractivity contribution in [2.24, 2.45) is 13.0 Å². The lowest BCUT2D eigenvalue weighted by Gasteiger charge is -2.31. The van der Waals surface area contributed by atoms with Crippen LogP contribution in [0.15, 0.2) is 29.7 Å². The van der Waals surface area contributed by atoms with E-state index in [1.54, 1.807) is 19.2 Å².